The number of nitrogens with one attached hydrogen (secondary N) is 2. The highest BCUT2D eigenvalue weighted by Crippen LogP contribution is 2.41. The van der Waals surface area contributed by atoms with Crippen molar-refractivity contribution in [3.63, 3.8) is 0 Å². The van der Waals surface area contributed by atoms with Crippen LogP contribution in [0.15, 0.2) is 70.7 Å². The lowest BCUT2D eigenvalue weighted by molar-refractivity contribution is -0.385. The summed E-state index contributed by atoms with van der Waals surface area (Å²) in [5.74, 6) is -0.499. The van der Waals surface area contributed by atoms with Gasteiger partial charge in [-0.1, -0.05) is 23.9 Å². The van der Waals surface area contributed by atoms with Crippen molar-refractivity contribution in [1.82, 2.24) is 4.98 Å². The summed E-state index contributed by atoms with van der Waals surface area (Å²) in [7, 11) is 0. The first-order chi connectivity index (χ1) is 16.3. The smallest absolute Gasteiger partial charge is 0.406 e. The van der Waals surface area contributed by atoms with E-state index < -0.39 is 45.5 Å². The Morgan fingerprint density at radius 2 is 1.66 bits per heavy atom. The number of hydrogen-bond acceptors (Lipinski definition) is 6. The predicted molar refractivity (Wildman–Crippen MR) is 112 cm³/mol. The molecule has 184 valence electrons. The molecule has 2 amide bonds. The van der Waals surface area contributed by atoms with E-state index in [9.17, 15) is 41.3 Å². The molecular formula is C20H12F6N4O4S. The van der Waals surface area contributed by atoms with Gasteiger partial charge < -0.3 is 15.4 Å². The van der Waals surface area contributed by atoms with Gasteiger partial charge in [-0.2, -0.15) is 13.2 Å². The molecule has 3 aromatic rings. The second kappa shape index (κ2) is 10.1. The third-order valence-electron chi connectivity index (χ3n) is 4.04. The number of pyridine rings is 1. The van der Waals surface area contributed by atoms with Crippen LogP contribution in [-0.4, -0.2) is 22.3 Å². The fourth-order valence-electron chi connectivity index (χ4n) is 2.61. The molecule has 0 unspecified atom stereocenters. The fraction of sp³-hybridized carbons (Fsp3) is 0.100. The number of hydrogen-bond donors (Lipinski definition) is 2. The van der Waals surface area contributed by atoms with Crippen molar-refractivity contribution in [1.29, 1.82) is 0 Å². The molecule has 2 aromatic carbocycles. The van der Waals surface area contributed by atoms with E-state index in [0.29, 0.717) is 24.0 Å². The predicted octanol–water partition coefficient (Wildman–Crippen LogP) is 6.70. The van der Waals surface area contributed by atoms with Gasteiger partial charge in [0.2, 0.25) is 0 Å². The van der Waals surface area contributed by atoms with Crippen LogP contribution in [0.5, 0.6) is 5.75 Å². The van der Waals surface area contributed by atoms with Gasteiger partial charge in [0.05, 0.1) is 16.2 Å². The Morgan fingerprint density at radius 3 is 2.26 bits per heavy atom. The number of nitrogens with zero attached hydrogens (tertiary/aromatic N) is 2. The molecule has 0 radical (unpaired) electrons. The Labute approximate surface area is 196 Å². The van der Waals surface area contributed by atoms with E-state index in [1.165, 1.54) is 24.3 Å². The van der Waals surface area contributed by atoms with Crippen molar-refractivity contribution >= 4 is 34.9 Å². The molecule has 0 saturated carbocycles. The first-order valence-electron chi connectivity index (χ1n) is 9.24. The number of carbonyl (C=O) groups is 1. The van der Waals surface area contributed by atoms with E-state index in [2.05, 4.69) is 20.4 Å². The molecule has 0 aliphatic rings. The van der Waals surface area contributed by atoms with Crippen molar-refractivity contribution in [2.75, 3.05) is 10.6 Å². The number of para-hydroxylation sites is 1. The molecule has 0 atom stereocenters. The fourth-order valence-corrected chi connectivity index (χ4v) is 3.59. The van der Waals surface area contributed by atoms with E-state index in [0.717, 1.165) is 24.3 Å². The maximum absolute atomic E-state index is 13.4. The van der Waals surface area contributed by atoms with Crippen LogP contribution in [0.3, 0.4) is 0 Å². The van der Waals surface area contributed by atoms with Crippen LogP contribution in [0, 0.1) is 10.1 Å². The molecule has 0 aliphatic heterocycles. The molecule has 0 saturated heterocycles. The van der Waals surface area contributed by atoms with Gasteiger partial charge in [-0.05, 0) is 36.4 Å². The highest BCUT2D eigenvalue weighted by Gasteiger charge is 2.36. The number of anilines is 2. The zero-order valence-electron chi connectivity index (χ0n) is 17.0. The highest BCUT2D eigenvalue weighted by molar-refractivity contribution is 7.99. The SMILES string of the molecule is O=C(Nc1ccc(OC(F)(F)F)cc1)Nc1ccccc1Sc1ncc([N+](=O)[O-])cc1C(F)(F)F. The van der Waals surface area contributed by atoms with Crippen LogP contribution >= 0.6 is 11.8 Å². The van der Waals surface area contributed by atoms with Crippen molar-refractivity contribution < 1.29 is 40.8 Å². The van der Waals surface area contributed by atoms with Crippen molar-refractivity contribution in [3.05, 3.63) is 76.5 Å². The summed E-state index contributed by atoms with van der Waals surface area (Å²) < 4.78 is 80.7. The molecule has 8 nitrogen and oxygen atoms in total. The summed E-state index contributed by atoms with van der Waals surface area (Å²) in [5.41, 5.74) is -1.96. The van der Waals surface area contributed by atoms with Gasteiger partial charge in [-0.3, -0.25) is 10.1 Å². The highest BCUT2D eigenvalue weighted by atomic mass is 32.2. The summed E-state index contributed by atoms with van der Waals surface area (Å²) in [5, 5.41) is 15.0. The van der Waals surface area contributed by atoms with Gasteiger partial charge >= 0.3 is 18.6 Å². The monoisotopic (exact) mass is 518 g/mol. The lowest BCUT2D eigenvalue weighted by atomic mass is 10.2. The van der Waals surface area contributed by atoms with Crippen LogP contribution in [0.4, 0.5) is 48.2 Å². The lowest BCUT2D eigenvalue weighted by Crippen LogP contribution is -2.20. The van der Waals surface area contributed by atoms with Crippen LogP contribution < -0.4 is 15.4 Å². The van der Waals surface area contributed by atoms with Gasteiger partial charge in [0.15, 0.2) is 0 Å². The van der Waals surface area contributed by atoms with Crippen LogP contribution in [0.25, 0.3) is 0 Å². The number of alkyl halides is 6. The number of amides is 2. The summed E-state index contributed by atoms with van der Waals surface area (Å²) in [6.45, 7) is 0. The second-order valence-electron chi connectivity index (χ2n) is 6.55. The number of aromatic nitrogens is 1. The van der Waals surface area contributed by atoms with Crippen molar-refractivity contribution in [3.8, 4) is 5.75 Å². The van der Waals surface area contributed by atoms with Crippen LogP contribution in [-0.2, 0) is 6.18 Å². The maximum atomic E-state index is 13.4. The molecule has 0 fully saturated rings. The normalized spacial score (nSPS) is 11.6. The summed E-state index contributed by atoms with van der Waals surface area (Å²) in [4.78, 5) is 25.9. The molecule has 1 aromatic heterocycles. The number of nitro groups is 1. The number of rotatable bonds is 6. The van der Waals surface area contributed by atoms with Gasteiger partial charge in [0.1, 0.15) is 17.0 Å². The van der Waals surface area contributed by atoms with E-state index in [1.54, 1.807) is 0 Å². The molecule has 0 spiro atoms. The number of carbonyl (C=O) groups excluding carboxylic acids is 1. The molecule has 2 N–H and O–H groups in total. The van der Waals surface area contributed by atoms with E-state index in [4.69, 9.17) is 0 Å². The molecule has 15 heteroatoms. The lowest BCUT2D eigenvalue weighted by Gasteiger charge is -2.14. The van der Waals surface area contributed by atoms with E-state index in [1.807, 2.05) is 0 Å². The summed E-state index contributed by atoms with van der Waals surface area (Å²) >= 11 is 0.524. The average Bonchev–Trinajstić information content (AvgIpc) is 2.75. The average molecular weight is 518 g/mol. The Hall–Kier alpha value is -4.01. The third kappa shape index (κ3) is 7.23. The van der Waals surface area contributed by atoms with Gasteiger partial charge in [-0.25, -0.2) is 9.78 Å². The zero-order valence-corrected chi connectivity index (χ0v) is 17.8. The van der Waals surface area contributed by atoms with Gasteiger partial charge in [0, 0.05) is 16.6 Å². The minimum absolute atomic E-state index is 0.0836. The summed E-state index contributed by atoms with van der Waals surface area (Å²) in [6, 6.07) is 9.56. The maximum Gasteiger partial charge on any atom is 0.573 e. The Balaban J connectivity index is 1.77. The first-order valence-corrected chi connectivity index (χ1v) is 10.1. The molecule has 35 heavy (non-hydrogen) atoms. The van der Waals surface area contributed by atoms with Crippen molar-refractivity contribution in [2.24, 2.45) is 0 Å². The minimum atomic E-state index is -4.93. The van der Waals surface area contributed by atoms with Crippen molar-refractivity contribution in [2.45, 2.75) is 22.5 Å². The van der Waals surface area contributed by atoms with Gasteiger partial charge in [0.25, 0.3) is 5.69 Å². The Morgan fingerprint density at radius 1 is 1.00 bits per heavy atom. The van der Waals surface area contributed by atoms with Gasteiger partial charge in [-0.15, -0.1) is 13.2 Å². The molecule has 1 heterocycles. The molecule has 3 rings (SSSR count). The number of halogens is 6. The van der Waals surface area contributed by atoms with Crippen LogP contribution in [0.2, 0.25) is 0 Å². The van der Waals surface area contributed by atoms with Crippen LogP contribution in [0.1, 0.15) is 5.56 Å². The zero-order chi connectivity index (χ0) is 25.8. The summed E-state index contributed by atoms with van der Waals surface area (Å²) in [6.07, 6.45) is -9.12. The quantitative estimate of drug-likeness (QED) is 0.214. The largest absolute Gasteiger partial charge is 0.573 e. The molecular weight excluding hydrogens is 506 g/mol. The Kier molecular flexibility index (Phi) is 7.38. The van der Waals surface area contributed by atoms with E-state index >= 15 is 0 Å². The standard InChI is InChI=1S/C20H12F6N4O4S/c21-19(22,23)14-9-12(30(32)33)10-27-17(14)35-16-4-2-1-3-15(16)29-18(31)28-11-5-7-13(8-6-11)34-20(24,25)26/h1-10H,(H2,28,29,31). The third-order valence-corrected chi connectivity index (χ3v) is 5.14. The molecule has 0 bridgehead atoms. The number of urea groups is 1. The number of ether oxygens (including phenoxy) is 1. The molecule has 0 aliphatic carbocycles. The topological polar surface area (TPSA) is 106 Å². The second-order valence-corrected chi connectivity index (χ2v) is 7.58. The van der Waals surface area contributed by atoms with E-state index in [-0.39, 0.29) is 16.3 Å². The Bertz CT molecular complexity index is 1240. The number of benzene rings is 2. The minimum Gasteiger partial charge on any atom is -0.406 e. The first kappa shape index (κ1) is 25.6.